The van der Waals surface area contributed by atoms with Gasteiger partial charge < -0.3 is 15.4 Å². The fourth-order valence-electron chi connectivity index (χ4n) is 3.33. The lowest BCUT2D eigenvalue weighted by molar-refractivity contribution is 0.0996. The summed E-state index contributed by atoms with van der Waals surface area (Å²) in [5.41, 5.74) is 6.57. The number of ether oxygens (including phenoxy) is 1. The summed E-state index contributed by atoms with van der Waals surface area (Å²) in [7, 11) is 1.58. The number of benzene rings is 3. The van der Waals surface area contributed by atoms with E-state index in [1.54, 1.807) is 30.2 Å². The summed E-state index contributed by atoms with van der Waals surface area (Å²) in [6.07, 6.45) is 1.62. The Bertz CT molecular complexity index is 1210. The van der Waals surface area contributed by atoms with Crippen LogP contribution in [0.2, 0.25) is 0 Å². The molecule has 1 amide bonds. The van der Waals surface area contributed by atoms with Crippen LogP contribution < -0.4 is 10.5 Å². The van der Waals surface area contributed by atoms with E-state index >= 15 is 4.39 Å². The number of hydrogen-bond donors (Lipinski definition) is 2. The molecule has 166 valence electrons. The minimum absolute atomic E-state index is 0.0480. The van der Waals surface area contributed by atoms with Crippen molar-refractivity contribution < 1.29 is 13.9 Å². The summed E-state index contributed by atoms with van der Waals surface area (Å²) in [6, 6.07) is 20.4. The second kappa shape index (κ2) is 10.8. The van der Waals surface area contributed by atoms with Crippen LogP contribution in [0.4, 0.5) is 4.39 Å². The molecule has 0 saturated heterocycles. The van der Waals surface area contributed by atoms with Crippen LogP contribution >= 0.6 is 0 Å². The van der Waals surface area contributed by atoms with E-state index in [9.17, 15) is 4.79 Å². The van der Waals surface area contributed by atoms with Gasteiger partial charge in [-0.25, -0.2) is 4.39 Å². The van der Waals surface area contributed by atoms with Crippen molar-refractivity contribution >= 4 is 11.7 Å². The summed E-state index contributed by atoms with van der Waals surface area (Å²) >= 11 is 0. The van der Waals surface area contributed by atoms with Crippen LogP contribution in [0.15, 0.2) is 85.5 Å². The maximum Gasteiger partial charge on any atom is 0.251 e. The molecule has 5 nitrogen and oxygen atoms in total. The lowest BCUT2D eigenvalue weighted by Gasteiger charge is -2.30. The number of carbonyl (C=O) groups excluding carboxylic acids is 1. The summed E-state index contributed by atoms with van der Waals surface area (Å²) in [5.74, 6) is 5.16. The predicted molar refractivity (Wildman–Crippen MR) is 128 cm³/mol. The van der Waals surface area contributed by atoms with Crippen molar-refractivity contribution in [2.45, 2.75) is 6.04 Å². The average Bonchev–Trinajstić information content (AvgIpc) is 2.84. The molecule has 3 aromatic carbocycles. The van der Waals surface area contributed by atoms with Crippen molar-refractivity contribution in [1.29, 1.82) is 5.41 Å². The molecular weight excluding hydrogens is 417 g/mol. The fourth-order valence-corrected chi connectivity index (χ4v) is 3.33. The van der Waals surface area contributed by atoms with Gasteiger partial charge in [-0.05, 0) is 42.0 Å². The van der Waals surface area contributed by atoms with Gasteiger partial charge in [0.15, 0.2) is 0 Å². The molecular formula is C27H24FN3O2. The normalized spacial score (nSPS) is 11.0. The van der Waals surface area contributed by atoms with Gasteiger partial charge in [-0.15, -0.1) is 6.58 Å². The number of primary amides is 1. The van der Waals surface area contributed by atoms with E-state index in [4.69, 9.17) is 15.9 Å². The Balaban J connectivity index is 2.11. The second-order valence-electron chi connectivity index (χ2n) is 7.13. The molecule has 0 aromatic heterocycles. The Morgan fingerprint density at radius 3 is 2.39 bits per heavy atom. The van der Waals surface area contributed by atoms with Gasteiger partial charge in [-0.3, -0.25) is 10.2 Å². The van der Waals surface area contributed by atoms with Crippen LogP contribution in [-0.4, -0.2) is 30.3 Å². The first-order chi connectivity index (χ1) is 16.0. The number of rotatable bonds is 7. The Hall–Kier alpha value is -4.37. The van der Waals surface area contributed by atoms with E-state index in [1.165, 1.54) is 18.2 Å². The number of nitrogens with two attached hydrogens (primary N) is 1. The highest BCUT2D eigenvalue weighted by atomic mass is 19.1. The average molecular weight is 442 g/mol. The van der Waals surface area contributed by atoms with Gasteiger partial charge >= 0.3 is 0 Å². The van der Waals surface area contributed by atoms with Crippen molar-refractivity contribution in [1.82, 2.24) is 4.90 Å². The molecule has 0 aliphatic carbocycles. The maximum absolute atomic E-state index is 15.0. The van der Waals surface area contributed by atoms with Crippen molar-refractivity contribution in [3.05, 3.63) is 114 Å². The zero-order valence-corrected chi connectivity index (χ0v) is 18.2. The molecule has 0 aliphatic rings. The van der Waals surface area contributed by atoms with Gasteiger partial charge in [0.1, 0.15) is 23.4 Å². The monoisotopic (exact) mass is 441 g/mol. The van der Waals surface area contributed by atoms with Crippen LogP contribution in [0.1, 0.15) is 33.1 Å². The number of methoxy groups -OCH3 is 1. The third-order valence-corrected chi connectivity index (χ3v) is 5.00. The maximum atomic E-state index is 15.0. The molecule has 0 spiro atoms. The number of nitrogens with one attached hydrogen (secondary N) is 1. The van der Waals surface area contributed by atoms with Gasteiger partial charge in [-0.1, -0.05) is 54.3 Å². The van der Waals surface area contributed by atoms with Gasteiger partial charge in [0, 0.05) is 12.1 Å². The standard InChI is InChI=1S/C27H24FN3O2/c1-3-18-31(26(29)22-10-7-11-23(25(22)28)27(30)32)24(17-12-19-8-5-4-6-9-19)20-13-15-21(33-2)16-14-20/h3-11,13-16,24,29H,1,18H2,2H3,(H2,30,32). The summed E-state index contributed by atoms with van der Waals surface area (Å²) in [6.45, 7) is 4.01. The highest BCUT2D eigenvalue weighted by Gasteiger charge is 2.25. The number of nitrogens with zero attached hydrogens (tertiary/aromatic N) is 1. The lowest BCUT2D eigenvalue weighted by Crippen LogP contribution is -2.35. The van der Waals surface area contributed by atoms with Crippen LogP contribution in [0, 0.1) is 23.1 Å². The van der Waals surface area contributed by atoms with Crippen molar-refractivity contribution in [3.63, 3.8) is 0 Å². The van der Waals surface area contributed by atoms with Gasteiger partial charge in [0.25, 0.3) is 5.91 Å². The third-order valence-electron chi connectivity index (χ3n) is 5.00. The predicted octanol–water partition coefficient (Wildman–Crippen LogP) is 4.54. The summed E-state index contributed by atoms with van der Waals surface area (Å²) in [5, 5.41) is 8.80. The van der Waals surface area contributed by atoms with E-state index in [0.29, 0.717) is 5.75 Å². The molecule has 1 unspecified atom stereocenters. The molecule has 0 fully saturated rings. The molecule has 3 aromatic rings. The van der Waals surface area contributed by atoms with Crippen LogP contribution in [0.5, 0.6) is 5.75 Å². The Morgan fingerprint density at radius 1 is 1.12 bits per heavy atom. The van der Waals surface area contributed by atoms with Crippen LogP contribution in [0.3, 0.4) is 0 Å². The minimum atomic E-state index is -0.895. The molecule has 6 heteroatoms. The van der Waals surface area contributed by atoms with E-state index in [2.05, 4.69) is 18.4 Å². The topological polar surface area (TPSA) is 79.4 Å². The molecule has 0 aliphatic heterocycles. The largest absolute Gasteiger partial charge is 0.497 e. The third kappa shape index (κ3) is 5.46. The first-order valence-electron chi connectivity index (χ1n) is 10.2. The van der Waals surface area contributed by atoms with Crippen molar-refractivity contribution in [2.75, 3.05) is 13.7 Å². The fraction of sp³-hybridized carbons (Fsp3) is 0.111. The molecule has 0 heterocycles. The number of hydrogen-bond acceptors (Lipinski definition) is 3. The number of amidine groups is 1. The van der Waals surface area contributed by atoms with E-state index in [1.807, 2.05) is 42.5 Å². The second-order valence-corrected chi connectivity index (χ2v) is 7.13. The number of carbonyl (C=O) groups is 1. The highest BCUT2D eigenvalue weighted by Crippen LogP contribution is 2.26. The number of halogens is 1. The van der Waals surface area contributed by atoms with Crippen molar-refractivity contribution in [2.24, 2.45) is 5.73 Å². The van der Waals surface area contributed by atoms with E-state index in [0.717, 1.165) is 11.1 Å². The molecule has 0 bridgehead atoms. The Labute approximate surface area is 192 Å². The smallest absolute Gasteiger partial charge is 0.251 e. The van der Waals surface area contributed by atoms with E-state index < -0.39 is 17.8 Å². The zero-order valence-electron chi connectivity index (χ0n) is 18.2. The molecule has 3 N–H and O–H groups in total. The molecule has 0 radical (unpaired) electrons. The lowest BCUT2D eigenvalue weighted by atomic mass is 10.0. The quantitative estimate of drug-likeness (QED) is 0.245. The van der Waals surface area contributed by atoms with Crippen molar-refractivity contribution in [3.8, 4) is 17.6 Å². The molecule has 3 rings (SSSR count). The summed E-state index contributed by atoms with van der Waals surface area (Å²) in [4.78, 5) is 13.2. The zero-order chi connectivity index (χ0) is 23.8. The van der Waals surface area contributed by atoms with Gasteiger partial charge in [0.2, 0.25) is 0 Å². The van der Waals surface area contributed by atoms with Crippen LogP contribution in [0.25, 0.3) is 0 Å². The van der Waals surface area contributed by atoms with Gasteiger partial charge in [-0.2, -0.15) is 0 Å². The number of amides is 1. The molecule has 1 atom stereocenters. The first kappa shape index (κ1) is 23.3. The SMILES string of the molecule is C=CCN(C(=N)c1cccc(C(N)=O)c1F)C(C#Cc1ccccc1)c1ccc(OC)cc1. The molecule has 0 saturated carbocycles. The first-order valence-corrected chi connectivity index (χ1v) is 10.2. The minimum Gasteiger partial charge on any atom is -0.497 e. The molecule has 33 heavy (non-hydrogen) atoms. The highest BCUT2D eigenvalue weighted by molar-refractivity contribution is 6.01. The Kier molecular flexibility index (Phi) is 7.61. The van der Waals surface area contributed by atoms with Gasteiger partial charge in [0.05, 0.1) is 18.2 Å². The van der Waals surface area contributed by atoms with E-state index in [-0.39, 0.29) is 23.5 Å². The summed E-state index contributed by atoms with van der Waals surface area (Å²) < 4.78 is 20.3. The Morgan fingerprint density at radius 2 is 1.79 bits per heavy atom. The van der Waals surface area contributed by atoms with Crippen LogP contribution in [-0.2, 0) is 0 Å².